The fraction of sp³-hybridized carbons (Fsp3) is 0.231. The SMILES string of the molecule is Cc1cccnc1CN1CCN(n2oc3cc(-c4cccc5cccnc45)ccc32)CC1. The second kappa shape index (κ2) is 7.80. The van der Waals surface area contributed by atoms with Crippen LogP contribution >= 0.6 is 0 Å². The quantitative estimate of drug-likeness (QED) is 0.423. The fourth-order valence-electron chi connectivity index (χ4n) is 4.54. The molecule has 32 heavy (non-hydrogen) atoms. The largest absolute Gasteiger partial charge is 0.357 e. The summed E-state index contributed by atoms with van der Waals surface area (Å²) < 4.78 is 6.08. The van der Waals surface area contributed by atoms with Crippen LogP contribution in [0.4, 0.5) is 0 Å². The number of pyridine rings is 2. The smallest absolute Gasteiger partial charge is 0.187 e. The van der Waals surface area contributed by atoms with Gasteiger partial charge in [-0.25, -0.2) is 0 Å². The molecule has 5 aromatic rings. The Kier molecular flexibility index (Phi) is 4.65. The lowest BCUT2D eigenvalue weighted by Crippen LogP contribution is -2.51. The summed E-state index contributed by atoms with van der Waals surface area (Å²) in [6, 6.07) is 20.9. The Morgan fingerprint density at radius 1 is 0.875 bits per heavy atom. The number of rotatable bonds is 4. The van der Waals surface area contributed by atoms with Crippen LogP contribution in [0.5, 0.6) is 0 Å². The zero-order valence-electron chi connectivity index (χ0n) is 18.1. The highest BCUT2D eigenvalue weighted by Gasteiger charge is 2.22. The van der Waals surface area contributed by atoms with Crippen molar-refractivity contribution in [3.8, 4) is 11.1 Å². The fourth-order valence-corrected chi connectivity index (χ4v) is 4.54. The average molecular weight is 424 g/mol. The maximum atomic E-state index is 6.08. The van der Waals surface area contributed by atoms with Gasteiger partial charge in [-0.3, -0.25) is 19.9 Å². The summed E-state index contributed by atoms with van der Waals surface area (Å²) in [6.07, 6.45) is 3.73. The standard InChI is InChI=1S/C26H25N5O/c1-19-5-3-11-27-23(19)18-29-13-15-30(16-14-29)31-24-10-9-21(17-25(24)32-31)22-8-2-6-20-7-4-12-28-26(20)22/h2-12,17H,13-16,18H2,1H3. The predicted octanol–water partition coefficient (Wildman–Crippen LogP) is 4.61. The molecule has 0 radical (unpaired) electrons. The summed E-state index contributed by atoms with van der Waals surface area (Å²) in [7, 11) is 0. The molecule has 4 heterocycles. The van der Waals surface area contributed by atoms with E-state index >= 15 is 0 Å². The Hall–Kier alpha value is -3.64. The van der Waals surface area contributed by atoms with Crippen molar-refractivity contribution in [1.82, 2.24) is 19.7 Å². The number of nitrogens with zero attached hydrogens (tertiary/aromatic N) is 5. The Morgan fingerprint density at radius 2 is 1.69 bits per heavy atom. The number of hydrogen-bond acceptors (Lipinski definition) is 5. The molecule has 0 unspecified atom stereocenters. The van der Waals surface area contributed by atoms with Crippen molar-refractivity contribution in [3.63, 3.8) is 0 Å². The lowest BCUT2D eigenvalue weighted by Gasteiger charge is -2.37. The molecular formula is C26H25N5O. The van der Waals surface area contributed by atoms with Crippen molar-refractivity contribution < 1.29 is 4.52 Å². The highest BCUT2D eigenvalue weighted by atomic mass is 16.5. The summed E-state index contributed by atoms with van der Waals surface area (Å²) in [6.45, 7) is 6.88. The van der Waals surface area contributed by atoms with E-state index < -0.39 is 0 Å². The lowest BCUT2D eigenvalue weighted by atomic mass is 10.0. The molecule has 1 saturated heterocycles. The van der Waals surface area contributed by atoms with Crippen LogP contribution in [0.3, 0.4) is 0 Å². The molecule has 2 aromatic carbocycles. The first-order valence-corrected chi connectivity index (χ1v) is 11.1. The summed E-state index contributed by atoms with van der Waals surface area (Å²) in [5.41, 5.74) is 7.74. The molecule has 1 aliphatic heterocycles. The zero-order chi connectivity index (χ0) is 21.5. The third-order valence-corrected chi connectivity index (χ3v) is 6.39. The van der Waals surface area contributed by atoms with E-state index in [9.17, 15) is 0 Å². The molecule has 0 aliphatic carbocycles. The van der Waals surface area contributed by atoms with Crippen molar-refractivity contribution in [2.75, 3.05) is 31.2 Å². The maximum absolute atomic E-state index is 6.08. The summed E-state index contributed by atoms with van der Waals surface area (Å²) in [5.74, 6) is 0. The monoisotopic (exact) mass is 423 g/mol. The van der Waals surface area contributed by atoms with Crippen LogP contribution in [0.1, 0.15) is 11.3 Å². The van der Waals surface area contributed by atoms with Crippen molar-refractivity contribution in [1.29, 1.82) is 0 Å². The molecule has 1 aliphatic rings. The molecule has 3 aromatic heterocycles. The second-order valence-corrected chi connectivity index (χ2v) is 8.42. The third-order valence-electron chi connectivity index (χ3n) is 6.39. The molecule has 0 spiro atoms. The van der Waals surface area contributed by atoms with Crippen molar-refractivity contribution in [2.24, 2.45) is 0 Å². The normalized spacial score (nSPS) is 15.1. The van der Waals surface area contributed by atoms with Crippen molar-refractivity contribution in [3.05, 3.63) is 84.3 Å². The Labute approximate surface area is 186 Å². The van der Waals surface area contributed by atoms with Gasteiger partial charge in [-0.2, -0.15) is 0 Å². The van der Waals surface area contributed by atoms with Crippen LogP contribution in [-0.2, 0) is 6.54 Å². The Bertz CT molecular complexity index is 1390. The molecule has 0 saturated carbocycles. The number of para-hydroxylation sites is 1. The molecular weight excluding hydrogens is 398 g/mol. The first kappa shape index (κ1) is 19.1. The van der Waals surface area contributed by atoms with Gasteiger partial charge in [0.05, 0.1) is 24.3 Å². The topological polar surface area (TPSA) is 50.3 Å². The van der Waals surface area contributed by atoms with Gasteiger partial charge in [-0.1, -0.05) is 36.4 Å². The first-order chi connectivity index (χ1) is 15.8. The van der Waals surface area contributed by atoms with E-state index in [2.05, 4.69) is 75.3 Å². The number of aromatic nitrogens is 3. The molecule has 0 atom stereocenters. The van der Waals surface area contributed by atoms with Crippen LogP contribution in [0.25, 0.3) is 33.1 Å². The van der Waals surface area contributed by atoms with Gasteiger partial charge in [0.15, 0.2) is 5.58 Å². The Morgan fingerprint density at radius 3 is 2.53 bits per heavy atom. The molecule has 0 amide bonds. The molecule has 0 bridgehead atoms. The van der Waals surface area contributed by atoms with Crippen LogP contribution in [0.15, 0.2) is 77.6 Å². The average Bonchev–Trinajstić information content (AvgIpc) is 2.82. The van der Waals surface area contributed by atoms with Gasteiger partial charge in [0.1, 0.15) is 5.52 Å². The number of benzene rings is 2. The van der Waals surface area contributed by atoms with E-state index in [4.69, 9.17) is 4.52 Å². The van der Waals surface area contributed by atoms with Gasteiger partial charge >= 0.3 is 0 Å². The maximum Gasteiger partial charge on any atom is 0.187 e. The molecule has 160 valence electrons. The second-order valence-electron chi connectivity index (χ2n) is 8.42. The number of piperazine rings is 1. The third kappa shape index (κ3) is 3.33. The van der Waals surface area contributed by atoms with Crippen molar-refractivity contribution >= 4 is 22.0 Å². The van der Waals surface area contributed by atoms with E-state index in [1.54, 1.807) is 0 Å². The minimum absolute atomic E-state index is 0.903. The minimum atomic E-state index is 0.903. The summed E-state index contributed by atoms with van der Waals surface area (Å²) in [5, 5.41) is 3.43. The number of fused-ring (bicyclic) bond motifs is 2. The van der Waals surface area contributed by atoms with Gasteiger partial charge < -0.3 is 4.52 Å². The molecule has 0 N–H and O–H groups in total. The molecule has 6 rings (SSSR count). The van der Waals surface area contributed by atoms with Gasteiger partial charge in [0.2, 0.25) is 0 Å². The minimum Gasteiger partial charge on any atom is -0.357 e. The van der Waals surface area contributed by atoms with Crippen LogP contribution in [0.2, 0.25) is 0 Å². The number of hydrogen-bond donors (Lipinski definition) is 0. The highest BCUT2D eigenvalue weighted by Crippen LogP contribution is 2.31. The van der Waals surface area contributed by atoms with Gasteiger partial charge in [-0.05, 0) is 42.3 Å². The van der Waals surface area contributed by atoms with E-state index in [0.717, 1.165) is 65.9 Å². The first-order valence-electron chi connectivity index (χ1n) is 11.1. The van der Waals surface area contributed by atoms with E-state index in [0.29, 0.717) is 0 Å². The van der Waals surface area contributed by atoms with E-state index in [1.807, 2.05) is 29.4 Å². The number of aryl methyl sites for hydroxylation is 1. The lowest BCUT2D eigenvalue weighted by molar-refractivity contribution is 0.179. The van der Waals surface area contributed by atoms with Gasteiger partial charge in [-0.15, -0.1) is 4.85 Å². The summed E-state index contributed by atoms with van der Waals surface area (Å²) in [4.78, 5) is 13.5. The zero-order valence-corrected chi connectivity index (χ0v) is 18.1. The van der Waals surface area contributed by atoms with Crippen LogP contribution < -0.4 is 5.01 Å². The molecule has 1 fully saturated rings. The summed E-state index contributed by atoms with van der Waals surface area (Å²) >= 11 is 0. The van der Waals surface area contributed by atoms with Crippen LogP contribution in [-0.4, -0.2) is 45.9 Å². The molecule has 6 nitrogen and oxygen atoms in total. The van der Waals surface area contributed by atoms with Gasteiger partial charge in [0, 0.05) is 43.0 Å². The van der Waals surface area contributed by atoms with Crippen molar-refractivity contribution in [2.45, 2.75) is 13.5 Å². The molecule has 6 heteroatoms. The Balaban J connectivity index is 1.18. The van der Waals surface area contributed by atoms with Crippen LogP contribution in [0, 0.1) is 6.92 Å². The van der Waals surface area contributed by atoms with E-state index in [1.165, 1.54) is 11.3 Å². The predicted molar refractivity (Wildman–Crippen MR) is 127 cm³/mol. The highest BCUT2D eigenvalue weighted by molar-refractivity contribution is 5.95. The van der Waals surface area contributed by atoms with E-state index in [-0.39, 0.29) is 0 Å². The van der Waals surface area contributed by atoms with Gasteiger partial charge in [0.25, 0.3) is 0 Å².